The molecule has 1 aromatic heterocycles. The van der Waals surface area contributed by atoms with Gasteiger partial charge < -0.3 is 9.80 Å². The normalized spacial score (nSPS) is 15.0. The Kier molecular flexibility index (Phi) is 9.07. The number of hydrogen-bond donors (Lipinski definition) is 0. The Labute approximate surface area is 372 Å². The predicted molar refractivity (Wildman–Crippen MR) is 270 cm³/mol. The first-order valence-corrected chi connectivity index (χ1v) is 23.2. The van der Waals surface area contributed by atoms with E-state index in [2.05, 4.69) is 216 Å². The Morgan fingerprint density at radius 3 is 1.69 bits per heavy atom. The van der Waals surface area contributed by atoms with Crippen molar-refractivity contribution in [1.82, 2.24) is 0 Å². The van der Waals surface area contributed by atoms with Crippen LogP contribution in [0.3, 0.4) is 0 Å². The van der Waals surface area contributed by atoms with E-state index >= 15 is 0 Å². The third-order valence-electron chi connectivity index (χ3n) is 13.5. The van der Waals surface area contributed by atoms with Crippen LogP contribution in [-0.2, 0) is 17.3 Å². The summed E-state index contributed by atoms with van der Waals surface area (Å²) in [5.41, 5.74) is 23.3. The van der Waals surface area contributed by atoms with Gasteiger partial charge in [0.15, 0.2) is 0 Å². The van der Waals surface area contributed by atoms with Crippen molar-refractivity contribution in [3.63, 3.8) is 0 Å². The fourth-order valence-corrected chi connectivity index (χ4v) is 11.5. The molecule has 3 heterocycles. The van der Waals surface area contributed by atoms with Gasteiger partial charge in [-0.15, -0.1) is 11.3 Å². The molecule has 11 rings (SSSR count). The maximum atomic E-state index is 2.56. The molecule has 7 aromatic rings. The van der Waals surface area contributed by atoms with E-state index in [-0.39, 0.29) is 17.5 Å². The molecule has 0 unspecified atom stereocenters. The number of nitrogens with zero attached hydrogens (tertiary/aromatic N) is 2. The summed E-state index contributed by atoms with van der Waals surface area (Å²) >= 11 is 1.98. The standard InChI is InChI=1S/C58H53BN2S/c1-37-33-51-56-52(34-37)61(44-29-23-40(24-30-44)45-18-14-20-54-55(45)46-17-12-9-13-19-53(46)62-54)50-32-26-42(58(5,6)7)36-48(50)59(56)47-35-41(57(2,3)4)25-31-49(47)60(51)43-27-21-39(22-28-43)38-15-10-8-11-16-38/h8,10-13,15-19,21-36H,9,14,20H2,1-7H3. The highest BCUT2D eigenvalue weighted by Crippen LogP contribution is 2.47. The van der Waals surface area contributed by atoms with Gasteiger partial charge in [0.2, 0.25) is 0 Å². The average Bonchev–Trinajstić information content (AvgIpc) is 3.46. The van der Waals surface area contributed by atoms with Gasteiger partial charge in [-0.1, -0.05) is 145 Å². The van der Waals surface area contributed by atoms with Gasteiger partial charge in [0.05, 0.1) is 0 Å². The number of benzene rings is 6. The summed E-state index contributed by atoms with van der Waals surface area (Å²) in [7, 11) is 0. The van der Waals surface area contributed by atoms with E-state index in [0.29, 0.717) is 0 Å². The minimum Gasteiger partial charge on any atom is -0.311 e. The second-order valence-corrected chi connectivity index (χ2v) is 20.8. The molecule has 2 aliphatic carbocycles. The zero-order valence-electron chi connectivity index (χ0n) is 37.0. The largest absolute Gasteiger partial charge is 0.311 e. The zero-order valence-corrected chi connectivity index (χ0v) is 37.8. The SMILES string of the molecule is Cc1cc2c3c(c1)N(c1ccc(-c4ccccc4)cc1)c1ccc(C(C)(C)C)cc1B3c1cc(C(C)(C)C)ccc1N2c1ccc(C2=CCCc3sc4c(c32)C=CCC=C4)cc1. The molecule has 0 radical (unpaired) electrons. The van der Waals surface area contributed by atoms with E-state index in [1.165, 1.54) is 110 Å². The first-order valence-electron chi connectivity index (χ1n) is 22.4. The third-order valence-corrected chi connectivity index (χ3v) is 14.7. The average molecular weight is 821 g/mol. The highest BCUT2D eigenvalue weighted by molar-refractivity contribution is 7.13. The van der Waals surface area contributed by atoms with Gasteiger partial charge in [-0.05, 0) is 147 Å². The van der Waals surface area contributed by atoms with Crippen LogP contribution in [0.25, 0.3) is 28.9 Å². The minimum absolute atomic E-state index is 0.00478. The molecule has 0 fully saturated rings. The van der Waals surface area contributed by atoms with E-state index in [1.54, 1.807) is 0 Å². The molecule has 0 amide bonds. The Morgan fingerprint density at radius 1 is 0.565 bits per heavy atom. The van der Waals surface area contributed by atoms with Gasteiger partial charge in [-0.2, -0.15) is 0 Å². The number of rotatable bonds is 4. The number of hydrogen-bond acceptors (Lipinski definition) is 3. The Hall–Kier alpha value is -6.10. The Bertz CT molecular complexity index is 3000. The van der Waals surface area contributed by atoms with Crippen LogP contribution in [0.4, 0.5) is 34.1 Å². The van der Waals surface area contributed by atoms with Gasteiger partial charge in [-0.25, -0.2) is 0 Å². The lowest BCUT2D eigenvalue weighted by Gasteiger charge is -2.45. The molecule has 0 saturated carbocycles. The van der Waals surface area contributed by atoms with E-state index in [0.717, 1.165) is 19.3 Å². The van der Waals surface area contributed by atoms with Crippen molar-refractivity contribution in [3.05, 3.63) is 189 Å². The maximum absolute atomic E-state index is 2.56. The molecule has 0 atom stereocenters. The van der Waals surface area contributed by atoms with Crippen molar-refractivity contribution >= 4 is 86.3 Å². The van der Waals surface area contributed by atoms with Gasteiger partial charge >= 0.3 is 0 Å². The molecular formula is C58H53BN2S. The smallest absolute Gasteiger partial charge is 0.252 e. The molecule has 304 valence electrons. The summed E-state index contributed by atoms with van der Waals surface area (Å²) in [6, 6.07) is 48.9. The monoisotopic (exact) mass is 820 g/mol. The van der Waals surface area contributed by atoms with E-state index in [4.69, 9.17) is 0 Å². The number of anilines is 6. The summed E-state index contributed by atoms with van der Waals surface area (Å²) in [4.78, 5) is 8.01. The van der Waals surface area contributed by atoms with Crippen LogP contribution >= 0.6 is 11.3 Å². The van der Waals surface area contributed by atoms with Crippen molar-refractivity contribution in [2.45, 2.75) is 78.6 Å². The first kappa shape index (κ1) is 38.8. The number of allylic oxidation sites excluding steroid dienone is 3. The van der Waals surface area contributed by atoms with Crippen LogP contribution < -0.4 is 26.2 Å². The van der Waals surface area contributed by atoms with Gasteiger partial charge in [0.25, 0.3) is 6.71 Å². The van der Waals surface area contributed by atoms with E-state index in [9.17, 15) is 0 Å². The van der Waals surface area contributed by atoms with Crippen molar-refractivity contribution in [3.8, 4) is 11.1 Å². The lowest BCUT2D eigenvalue weighted by atomic mass is 9.33. The molecule has 2 aliphatic heterocycles. The molecule has 6 aromatic carbocycles. The van der Waals surface area contributed by atoms with Crippen molar-refractivity contribution in [1.29, 1.82) is 0 Å². The lowest BCUT2D eigenvalue weighted by molar-refractivity contribution is 0.590. The van der Waals surface area contributed by atoms with Crippen molar-refractivity contribution in [2.75, 3.05) is 9.80 Å². The second-order valence-electron chi connectivity index (χ2n) is 19.7. The maximum Gasteiger partial charge on any atom is 0.252 e. The summed E-state index contributed by atoms with van der Waals surface area (Å²) in [5.74, 6) is 0. The molecule has 2 nitrogen and oxygen atoms in total. The molecule has 0 bridgehead atoms. The molecule has 0 saturated heterocycles. The quantitative estimate of drug-likeness (QED) is 0.163. The number of thiophene rings is 1. The zero-order chi connectivity index (χ0) is 42.5. The van der Waals surface area contributed by atoms with Crippen LogP contribution in [0.5, 0.6) is 0 Å². The highest BCUT2D eigenvalue weighted by atomic mass is 32.1. The molecule has 0 spiro atoms. The summed E-state index contributed by atoms with van der Waals surface area (Å²) in [6.45, 7) is 16.4. The van der Waals surface area contributed by atoms with Gasteiger partial charge in [0.1, 0.15) is 0 Å². The Morgan fingerprint density at radius 2 is 1.11 bits per heavy atom. The fourth-order valence-electron chi connectivity index (χ4n) is 10.3. The van der Waals surface area contributed by atoms with Gasteiger partial charge in [-0.3, -0.25) is 0 Å². The van der Waals surface area contributed by atoms with Crippen molar-refractivity contribution in [2.24, 2.45) is 0 Å². The topological polar surface area (TPSA) is 6.48 Å². The molecule has 62 heavy (non-hydrogen) atoms. The van der Waals surface area contributed by atoms with Crippen LogP contribution in [0.1, 0.15) is 97.5 Å². The molecule has 0 N–H and O–H groups in total. The van der Waals surface area contributed by atoms with Crippen LogP contribution in [0, 0.1) is 6.92 Å². The Balaban J connectivity index is 1.11. The first-order chi connectivity index (χ1) is 29.9. The lowest BCUT2D eigenvalue weighted by Crippen LogP contribution is -2.61. The van der Waals surface area contributed by atoms with Crippen molar-refractivity contribution < 1.29 is 0 Å². The fraction of sp³-hybridized carbons (Fsp3) is 0.207. The molecule has 4 aliphatic rings. The third kappa shape index (κ3) is 6.37. The molecule has 4 heteroatoms. The molecular weight excluding hydrogens is 768 g/mol. The van der Waals surface area contributed by atoms with Crippen LogP contribution in [-0.4, -0.2) is 6.71 Å². The minimum atomic E-state index is -0.00734. The predicted octanol–water partition coefficient (Wildman–Crippen LogP) is 14.2. The number of aryl methyl sites for hydroxylation is 2. The van der Waals surface area contributed by atoms with E-state index < -0.39 is 0 Å². The van der Waals surface area contributed by atoms with Crippen LogP contribution in [0.15, 0.2) is 146 Å². The second kappa shape index (κ2) is 14.5. The summed E-state index contributed by atoms with van der Waals surface area (Å²) in [6.07, 6.45) is 14.9. The summed E-state index contributed by atoms with van der Waals surface area (Å²) < 4.78 is 0. The number of fused-ring (bicyclic) bond motifs is 7. The van der Waals surface area contributed by atoms with Crippen LogP contribution in [0.2, 0.25) is 0 Å². The van der Waals surface area contributed by atoms with Gasteiger partial charge in [0, 0.05) is 55.0 Å². The van der Waals surface area contributed by atoms with E-state index in [1.807, 2.05) is 11.3 Å². The summed E-state index contributed by atoms with van der Waals surface area (Å²) in [5, 5.41) is 0. The highest BCUT2D eigenvalue weighted by Gasteiger charge is 2.44.